The van der Waals surface area contributed by atoms with Gasteiger partial charge in [-0.25, -0.2) is 0 Å². The number of aliphatic hydroxyl groups excluding tert-OH is 1. The summed E-state index contributed by atoms with van der Waals surface area (Å²) in [4.78, 5) is 14.5. The zero-order chi connectivity index (χ0) is 25.4. The second-order valence-electron chi connectivity index (χ2n) is 9.79. The third-order valence-electron chi connectivity index (χ3n) is 6.08. The molecule has 1 unspecified atom stereocenters. The lowest BCUT2D eigenvalue weighted by Gasteiger charge is -2.28. The number of phenols is 2. The molecule has 0 saturated carbocycles. The Morgan fingerprint density at radius 1 is 0.914 bits per heavy atom. The molecule has 6 heteroatoms. The molecule has 0 radical (unpaired) electrons. The number of nitrogens with zero attached hydrogens (tertiary/aromatic N) is 1. The van der Waals surface area contributed by atoms with Crippen LogP contribution in [0.4, 0.5) is 0 Å². The highest BCUT2D eigenvalue weighted by Crippen LogP contribution is 2.25. The highest BCUT2D eigenvalue weighted by molar-refractivity contribution is 5.78. The number of nitrogens with one attached hydrogen (secondary N) is 1. The molecule has 3 aromatic carbocycles. The zero-order valence-electron chi connectivity index (χ0n) is 20.7. The number of aliphatic hydroxyl groups is 1. The zero-order valence-corrected chi connectivity index (χ0v) is 20.7. The van der Waals surface area contributed by atoms with Crippen molar-refractivity contribution in [1.82, 2.24) is 10.2 Å². The number of carbonyl (C=O) groups is 1. The molecular weight excluding hydrogens is 440 g/mol. The van der Waals surface area contributed by atoms with Crippen molar-refractivity contribution < 1.29 is 20.1 Å². The predicted octanol–water partition coefficient (Wildman–Crippen LogP) is 3.99. The van der Waals surface area contributed by atoms with Crippen LogP contribution in [0.3, 0.4) is 0 Å². The van der Waals surface area contributed by atoms with Crippen LogP contribution >= 0.6 is 0 Å². The van der Waals surface area contributed by atoms with Crippen molar-refractivity contribution >= 4 is 5.91 Å². The standard InChI is InChI=1S/C29H36N2O4/c1-29(2,30-20-27(34)24-16-25(32)18-26(33)17-24)19-23-11-7-10-22(14-23)15-28(35)31(3)13-12-21-8-5-4-6-9-21/h4-11,14,16-18,27,30,32-34H,12-13,15,19-20H2,1-3H3. The minimum atomic E-state index is -0.873. The molecule has 4 N–H and O–H groups in total. The van der Waals surface area contributed by atoms with E-state index < -0.39 is 6.10 Å². The van der Waals surface area contributed by atoms with Gasteiger partial charge in [-0.05, 0) is 61.1 Å². The molecule has 1 amide bonds. The van der Waals surface area contributed by atoms with Crippen LogP contribution in [0.2, 0.25) is 0 Å². The third-order valence-corrected chi connectivity index (χ3v) is 6.08. The van der Waals surface area contributed by atoms with Crippen LogP contribution in [0, 0.1) is 0 Å². The smallest absolute Gasteiger partial charge is 0.226 e. The van der Waals surface area contributed by atoms with Crippen LogP contribution in [-0.4, -0.2) is 51.8 Å². The first-order valence-electron chi connectivity index (χ1n) is 11.9. The van der Waals surface area contributed by atoms with Gasteiger partial charge in [0.1, 0.15) is 11.5 Å². The van der Waals surface area contributed by atoms with Gasteiger partial charge >= 0.3 is 0 Å². The Kier molecular flexibility index (Phi) is 8.90. The number of carbonyl (C=O) groups excluding carboxylic acids is 1. The number of amides is 1. The molecule has 0 fully saturated rings. The van der Waals surface area contributed by atoms with E-state index in [2.05, 4.69) is 37.4 Å². The lowest BCUT2D eigenvalue weighted by molar-refractivity contribution is -0.129. The maximum absolute atomic E-state index is 12.7. The highest BCUT2D eigenvalue weighted by atomic mass is 16.3. The van der Waals surface area contributed by atoms with E-state index in [1.807, 2.05) is 43.4 Å². The predicted molar refractivity (Wildman–Crippen MR) is 138 cm³/mol. The third kappa shape index (κ3) is 8.42. The van der Waals surface area contributed by atoms with Crippen LogP contribution in [0.25, 0.3) is 0 Å². The van der Waals surface area contributed by atoms with Crippen LogP contribution in [0.5, 0.6) is 11.5 Å². The van der Waals surface area contributed by atoms with E-state index in [-0.39, 0.29) is 29.5 Å². The number of β-amino-alcohol motifs (C(OH)–C–C–N with tert-alkyl or cyclic N) is 1. The SMILES string of the molecule is CN(CCc1ccccc1)C(=O)Cc1cccc(CC(C)(C)NCC(O)c2cc(O)cc(O)c2)c1. The van der Waals surface area contributed by atoms with E-state index in [9.17, 15) is 20.1 Å². The highest BCUT2D eigenvalue weighted by Gasteiger charge is 2.21. The summed E-state index contributed by atoms with van der Waals surface area (Å²) in [5, 5.41) is 33.2. The first-order valence-corrected chi connectivity index (χ1v) is 11.9. The topological polar surface area (TPSA) is 93.0 Å². The molecule has 0 aliphatic carbocycles. The number of hydrogen-bond acceptors (Lipinski definition) is 5. The van der Waals surface area contributed by atoms with Gasteiger partial charge in [0.25, 0.3) is 0 Å². The molecule has 0 aromatic heterocycles. The van der Waals surface area contributed by atoms with Crippen molar-refractivity contribution in [2.24, 2.45) is 0 Å². The summed E-state index contributed by atoms with van der Waals surface area (Å²) in [6, 6.07) is 22.3. The van der Waals surface area contributed by atoms with Crippen LogP contribution in [0.15, 0.2) is 72.8 Å². The van der Waals surface area contributed by atoms with Crippen LogP contribution in [0.1, 0.15) is 42.2 Å². The molecular formula is C29H36N2O4. The number of rotatable bonds is 11. The summed E-state index contributed by atoms with van der Waals surface area (Å²) in [6.45, 7) is 5.04. The number of aromatic hydroxyl groups is 2. The van der Waals surface area contributed by atoms with Gasteiger partial charge in [-0.1, -0.05) is 54.6 Å². The van der Waals surface area contributed by atoms with Crippen LogP contribution < -0.4 is 5.32 Å². The number of hydrogen-bond donors (Lipinski definition) is 4. The minimum absolute atomic E-state index is 0.0876. The lowest BCUT2D eigenvalue weighted by Crippen LogP contribution is -2.43. The summed E-state index contributed by atoms with van der Waals surface area (Å²) < 4.78 is 0. The van der Waals surface area contributed by atoms with E-state index >= 15 is 0 Å². The summed E-state index contributed by atoms with van der Waals surface area (Å²) in [5.41, 5.74) is 3.42. The van der Waals surface area contributed by atoms with Gasteiger partial charge in [-0.2, -0.15) is 0 Å². The van der Waals surface area contributed by atoms with E-state index in [1.165, 1.54) is 23.8 Å². The van der Waals surface area contributed by atoms with E-state index in [1.54, 1.807) is 4.90 Å². The van der Waals surface area contributed by atoms with E-state index in [0.717, 1.165) is 17.5 Å². The number of benzene rings is 3. The van der Waals surface area contributed by atoms with Gasteiger partial charge in [0.2, 0.25) is 5.91 Å². The quantitative estimate of drug-likeness (QED) is 0.336. The normalized spacial score (nSPS) is 12.3. The Bertz CT molecular complexity index is 1090. The summed E-state index contributed by atoms with van der Waals surface area (Å²) in [5.74, 6) is -0.0845. The minimum Gasteiger partial charge on any atom is -0.508 e. The summed E-state index contributed by atoms with van der Waals surface area (Å²) in [6.07, 6.45) is 1.02. The van der Waals surface area contributed by atoms with Crippen molar-refractivity contribution in [3.63, 3.8) is 0 Å². The lowest BCUT2D eigenvalue weighted by atomic mass is 9.93. The van der Waals surface area contributed by atoms with Gasteiger partial charge in [0.15, 0.2) is 0 Å². The van der Waals surface area contributed by atoms with Gasteiger partial charge in [-0.15, -0.1) is 0 Å². The summed E-state index contributed by atoms with van der Waals surface area (Å²) >= 11 is 0. The second-order valence-corrected chi connectivity index (χ2v) is 9.79. The maximum atomic E-state index is 12.7. The Morgan fingerprint density at radius 2 is 1.54 bits per heavy atom. The van der Waals surface area contributed by atoms with Gasteiger partial charge in [0, 0.05) is 31.7 Å². The van der Waals surface area contributed by atoms with Crippen molar-refractivity contribution in [3.8, 4) is 11.5 Å². The van der Waals surface area contributed by atoms with Gasteiger partial charge in [-0.3, -0.25) is 4.79 Å². The Morgan fingerprint density at radius 3 is 2.23 bits per heavy atom. The van der Waals surface area contributed by atoms with Crippen molar-refractivity contribution in [2.75, 3.05) is 20.1 Å². The average molecular weight is 477 g/mol. The van der Waals surface area contributed by atoms with Crippen molar-refractivity contribution in [3.05, 3.63) is 95.1 Å². The fraction of sp³-hybridized carbons (Fsp3) is 0.345. The van der Waals surface area contributed by atoms with Gasteiger partial charge < -0.3 is 25.5 Å². The molecule has 186 valence electrons. The number of likely N-dealkylation sites (N-methyl/N-ethyl adjacent to an activating group) is 1. The van der Waals surface area contributed by atoms with E-state index in [0.29, 0.717) is 24.9 Å². The monoisotopic (exact) mass is 476 g/mol. The van der Waals surface area contributed by atoms with Gasteiger partial charge in [0.05, 0.1) is 12.5 Å². The fourth-order valence-electron chi connectivity index (χ4n) is 4.10. The molecule has 0 aliphatic rings. The Balaban J connectivity index is 1.53. The molecule has 0 heterocycles. The van der Waals surface area contributed by atoms with Crippen molar-refractivity contribution in [2.45, 2.75) is 44.8 Å². The molecule has 0 aliphatic heterocycles. The first kappa shape index (κ1) is 26.3. The number of phenolic OH excluding ortho intramolecular Hbond substituents is 2. The fourth-order valence-corrected chi connectivity index (χ4v) is 4.10. The maximum Gasteiger partial charge on any atom is 0.226 e. The molecule has 3 aromatic rings. The molecule has 6 nitrogen and oxygen atoms in total. The molecule has 35 heavy (non-hydrogen) atoms. The molecule has 0 spiro atoms. The Hall–Kier alpha value is -3.35. The van der Waals surface area contributed by atoms with E-state index in [4.69, 9.17) is 0 Å². The Labute approximate surface area is 207 Å². The molecule has 0 saturated heterocycles. The first-order chi connectivity index (χ1) is 16.6. The second kappa shape index (κ2) is 11.9. The molecule has 3 rings (SSSR count). The largest absolute Gasteiger partial charge is 0.508 e. The van der Waals surface area contributed by atoms with Crippen molar-refractivity contribution in [1.29, 1.82) is 0 Å². The molecule has 1 atom stereocenters. The molecule has 0 bridgehead atoms. The average Bonchev–Trinajstić information content (AvgIpc) is 2.81. The van der Waals surface area contributed by atoms with Crippen LogP contribution in [-0.2, 0) is 24.1 Å². The summed E-state index contributed by atoms with van der Waals surface area (Å²) in [7, 11) is 1.85.